The van der Waals surface area contributed by atoms with Crippen molar-refractivity contribution in [2.75, 3.05) is 12.4 Å². The molecule has 0 saturated heterocycles. The normalized spacial score (nSPS) is 11.1. The highest BCUT2D eigenvalue weighted by atomic mass is 16.5. The molecule has 1 aromatic heterocycles. The lowest BCUT2D eigenvalue weighted by Crippen LogP contribution is -2.08. The second-order valence-electron chi connectivity index (χ2n) is 8.54. The molecule has 0 aliphatic rings. The monoisotopic (exact) mass is 490 g/mol. The molecule has 0 spiro atoms. The first-order valence-electron chi connectivity index (χ1n) is 11.9. The lowest BCUT2D eigenvalue weighted by molar-refractivity contribution is -0.111. The zero-order chi connectivity index (χ0) is 25.6. The number of nitrogens with zero attached hydrogens (tertiary/aromatic N) is 1. The summed E-state index contributed by atoms with van der Waals surface area (Å²) >= 11 is 0. The number of hydrogen-bond acceptors (Lipinski definition) is 5. The van der Waals surface area contributed by atoms with Crippen LogP contribution in [0.4, 0.5) is 5.69 Å². The minimum absolute atomic E-state index is 0.275. The fourth-order valence-electron chi connectivity index (χ4n) is 3.92. The molecule has 0 unspecified atom stereocenters. The van der Waals surface area contributed by atoms with Gasteiger partial charge in [0.05, 0.1) is 18.4 Å². The quantitative estimate of drug-likeness (QED) is 0.236. The van der Waals surface area contributed by atoms with Crippen LogP contribution in [-0.4, -0.2) is 18.0 Å². The molecule has 0 atom stereocenters. The summed E-state index contributed by atoms with van der Waals surface area (Å²) in [5.41, 5.74) is 5.78. The fraction of sp³-hybridized carbons (Fsp3) is 0.0968. The van der Waals surface area contributed by atoms with Crippen LogP contribution < -0.4 is 14.8 Å². The number of carbonyl (C=O) groups is 1. The van der Waals surface area contributed by atoms with Crippen molar-refractivity contribution in [2.24, 2.45) is 0 Å². The second-order valence-corrected chi connectivity index (χ2v) is 8.54. The molecule has 6 nitrogen and oxygen atoms in total. The Balaban J connectivity index is 1.29. The van der Waals surface area contributed by atoms with Gasteiger partial charge >= 0.3 is 0 Å². The average molecular weight is 491 g/mol. The molecule has 6 heteroatoms. The standard InChI is InChI=1S/C31H26N2O4/c1-21-12-15-27-26(18-21)33-31(37-27)24-10-6-7-11-25(24)32-30(34)17-14-22-13-16-28(29(19-22)35-2)36-20-23-8-4-3-5-9-23/h3-19H,20H2,1-2H3,(H,32,34). The molecule has 0 aliphatic heterocycles. The molecule has 184 valence electrons. The van der Waals surface area contributed by atoms with Crippen LogP contribution in [-0.2, 0) is 11.4 Å². The third kappa shape index (κ3) is 5.70. The van der Waals surface area contributed by atoms with Crippen molar-refractivity contribution in [3.05, 3.63) is 114 Å². The van der Waals surface area contributed by atoms with Gasteiger partial charge in [-0.05, 0) is 66.1 Å². The van der Waals surface area contributed by atoms with Crippen LogP contribution in [0, 0.1) is 6.92 Å². The SMILES string of the molecule is COc1cc(C=CC(=O)Nc2ccccc2-c2nc3cc(C)ccc3o2)ccc1OCc1ccccc1. The number of aromatic nitrogens is 1. The molecule has 4 aromatic carbocycles. The van der Waals surface area contributed by atoms with Crippen LogP contribution in [0.3, 0.4) is 0 Å². The topological polar surface area (TPSA) is 73.6 Å². The average Bonchev–Trinajstić information content (AvgIpc) is 3.35. The van der Waals surface area contributed by atoms with Gasteiger partial charge in [-0.25, -0.2) is 4.98 Å². The fourth-order valence-corrected chi connectivity index (χ4v) is 3.92. The first kappa shape index (κ1) is 23.9. The molecule has 1 heterocycles. The molecule has 0 radical (unpaired) electrons. The molecule has 5 rings (SSSR count). The van der Waals surface area contributed by atoms with E-state index in [9.17, 15) is 4.79 Å². The number of oxazole rings is 1. The summed E-state index contributed by atoms with van der Waals surface area (Å²) < 4.78 is 17.4. The van der Waals surface area contributed by atoms with Crippen LogP contribution in [0.15, 0.2) is 101 Å². The van der Waals surface area contributed by atoms with E-state index in [2.05, 4.69) is 10.3 Å². The molecule has 1 amide bonds. The number of aryl methyl sites for hydroxylation is 1. The molecular formula is C31H26N2O4. The molecule has 37 heavy (non-hydrogen) atoms. The Morgan fingerprint density at radius 1 is 0.946 bits per heavy atom. The van der Waals surface area contributed by atoms with Crippen molar-refractivity contribution >= 4 is 28.8 Å². The zero-order valence-electron chi connectivity index (χ0n) is 20.6. The summed E-state index contributed by atoms with van der Waals surface area (Å²) in [4.78, 5) is 17.4. The van der Waals surface area contributed by atoms with Crippen LogP contribution in [0.2, 0.25) is 0 Å². The predicted molar refractivity (Wildman–Crippen MR) is 146 cm³/mol. The summed E-state index contributed by atoms with van der Waals surface area (Å²) in [6.45, 7) is 2.45. The number of benzene rings is 4. The molecule has 0 saturated carbocycles. The maximum Gasteiger partial charge on any atom is 0.248 e. The highest BCUT2D eigenvalue weighted by molar-refractivity contribution is 6.04. The van der Waals surface area contributed by atoms with Gasteiger partial charge in [0.1, 0.15) is 12.1 Å². The molecule has 1 N–H and O–H groups in total. The Labute approximate surface area is 215 Å². The summed E-state index contributed by atoms with van der Waals surface area (Å²) in [6.07, 6.45) is 3.20. The summed E-state index contributed by atoms with van der Waals surface area (Å²) in [6, 6.07) is 28.8. The van der Waals surface area contributed by atoms with Gasteiger partial charge in [-0.3, -0.25) is 4.79 Å². The molecular weight excluding hydrogens is 464 g/mol. The van der Waals surface area contributed by atoms with Crippen molar-refractivity contribution in [3.8, 4) is 23.0 Å². The lowest BCUT2D eigenvalue weighted by Gasteiger charge is -2.11. The van der Waals surface area contributed by atoms with Crippen molar-refractivity contribution in [2.45, 2.75) is 13.5 Å². The van der Waals surface area contributed by atoms with Gasteiger partial charge in [-0.15, -0.1) is 0 Å². The van der Waals surface area contributed by atoms with Crippen LogP contribution >= 0.6 is 0 Å². The van der Waals surface area contributed by atoms with E-state index >= 15 is 0 Å². The summed E-state index contributed by atoms with van der Waals surface area (Å²) in [5.74, 6) is 1.41. The third-order valence-electron chi connectivity index (χ3n) is 5.81. The van der Waals surface area contributed by atoms with E-state index < -0.39 is 0 Å². The van der Waals surface area contributed by atoms with Crippen LogP contribution in [0.1, 0.15) is 16.7 Å². The second kappa shape index (κ2) is 10.8. The van der Waals surface area contributed by atoms with E-state index in [1.165, 1.54) is 6.08 Å². The molecule has 5 aromatic rings. The van der Waals surface area contributed by atoms with Crippen molar-refractivity contribution in [1.29, 1.82) is 0 Å². The van der Waals surface area contributed by atoms with E-state index in [1.54, 1.807) is 13.2 Å². The number of anilines is 1. The van der Waals surface area contributed by atoms with Crippen LogP contribution in [0.25, 0.3) is 28.6 Å². The van der Waals surface area contributed by atoms with Gasteiger partial charge in [-0.2, -0.15) is 0 Å². The minimum Gasteiger partial charge on any atom is -0.493 e. The summed E-state index contributed by atoms with van der Waals surface area (Å²) in [5, 5.41) is 2.93. The molecule has 0 bridgehead atoms. The predicted octanol–water partition coefficient (Wildman–Crippen LogP) is 7.04. The number of ether oxygens (including phenoxy) is 2. The zero-order valence-corrected chi connectivity index (χ0v) is 20.6. The minimum atomic E-state index is -0.275. The van der Waals surface area contributed by atoms with E-state index in [-0.39, 0.29) is 5.91 Å². The van der Waals surface area contributed by atoms with Gasteiger partial charge in [0, 0.05) is 6.08 Å². The first-order chi connectivity index (χ1) is 18.1. The Morgan fingerprint density at radius 2 is 1.76 bits per heavy atom. The van der Waals surface area contributed by atoms with Crippen molar-refractivity contribution in [3.63, 3.8) is 0 Å². The van der Waals surface area contributed by atoms with Crippen molar-refractivity contribution in [1.82, 2.24) is 4.98 Å². The van der Waals surface area contributed by atoms with Crippen LogP contribution in [0.5, 0.6) is 11.5 Å². The Kier molecular flexibility index (Phi) is 6.99. The smallest absolute Gasteiger partial charge is 0.248 e. The van der Waals surface area contributed by atoms with Gasteiger partial charge < -0.3 is 19.2 Å². The van der Waals surface area contributed by atoms with Crippen molar-refractivity contribution < 1.29 is 18.7 Å². The first-order valence-corrected chi connectivity index (χ1v) is 11.9. The largest absolute Gasteiger partial charge is 0.493 e. The number of nitrogens with one attached hydrogen (secondary N) is 1. The number of carbonyl (C=O) groups excluding carboxylic acids is 1. The highest BCUT2D eigenvalue weighted by Crippen LogP contribution is 2.31. The van der Waals surface area contributed by atoms with Gasteiger partial charge in [0.15, 0.2) is 17.1 Å². The number of fused-ring (bicyclic) bond motifs is 1. The Bertz CT molecular complexity index is 1570. The summed E-state index contributed by atoms with van der Waals surface area (Å²) in [7, 11) is 1.59. The van der Waals surface area contributed by atoms with E-state index in [1.807, 2.05) is 97.9 Å². The number of hydrogen-bond donors (Lipinski definition) is 1. The highest BCUT2D eigenvalue weighted by Gasteiger charge is 2.13. The Hall–Kier alpha value is -4.84. The Morgan fingerprint density at radius 3 is 2.59 bits per heavy atom. The lowest BCUT2D eigenvalue weighted by atomic mass is 10.1. The number of amides is 1. The number of rotatable bonds is 8. The van der Waals surface area contributed by atoms with Gasteiger partial charge in [-0.1, -0.05) is 54.6 Å². The number of methoxy groups -OCH3 is 1. The molecule has 0 aliphatic carbocycles. The van der Waals surface area contributed by atoms with E-state index in [0.717, 1.165) is 22.2 Å². The third-order valence-corrected chi connectivity index (χ3v) is 5.81. The molecule has 0 fully saturated rings. The van der Waals surface area contributed by atoms with Gasteiger partial charge in [0.2, 0.25) is 11.8 Å². The maximum absolute atomic E-state index is 12.8. The van der Waals surface area contributed by atoms with E-state index in [4.69, 9.17) is 13.9 Å². The number of para-hydroxylation sites is 1. The van der Waals surface area contributed by atoms with E-state index in [0.29, 0.717) is 40.8 Å². The maximum atomic E-state index is 12.8. The van der Waals surface area contributed by atoms with Gasteiger partial charge in [0.25, 0.3) is 0 Å².